The standard InChI is InChI=1S/C13H14F3NO2/c14-13(15,16)5-6-17-8-10-4-2-1-3-9(10)7-11(17)12(18)19/h1-4,11H,5-8H2,(H,18,19)/t11-/m0/s1. The molecule has 0 bridgehead atoms. The summed E-state index contributed by atoms with van der Waals surface area (Å²) in [5.41, 5.74) is 1.81. The zero-order chi connectivity index (χ0) is 14.0. The summed E-state index contributed by atoms with van der Waals surface area (Å²) in [5, 5.41) is 9.14. The normalized spacial score (nSPS) is 20.1. The van der Waals surface area contributed by atoms with Crippen LogP contribution < -0.4 is 0 Å². The lowest BCUT2D eigenvalue weighted by molar-refractivity contribution is -0.151. The van der Waals surface area contributed by atoms with Crippen molar-refractivity contribution in [2.45, 2.75) is 31.6 Å². The molecule has 1 atom stereocenters. The maximum absolute atomic E-state index is 12.3. The molecule has 6 heteroatoms. The van der Waals surface area contributed by atoms with Crippen molar-refractivity contribution < 1.29 is 23.1 Å². The Bertz CT molecular complexity index is 473. The molecule has 0 aromatic heterocycles. The highest BCUT2D eigenvalue weighted by Gasteiger charge is 2.34. The molecular weight excluding hydrogens is 259 g/mol. The topological polar surface area (TPSA) is 40.5 Å². The van der Waals surface area contributed by atoms with Gasteiger partial charge in [-0.1, -0.05) is 24.3 Å². The van der Waals surface area contributed by atoms with Gasteiger partial charge in [-0.2, -0.15) is 13.2 Å². The SMILES string of the molecule is O=C(O)[C@@H]1Cc2ccccc2CN1CCC(F)(F)F. The van der Waals surface area contributed by atoms with E-state index in [1.165, 1.54) is 4.90 Å². The van der Waals surface area contributed by atoms with Crippen LogP contribution >= 0.6 is 0 Å². The first-order valence-corrected chi connectivity index (χ1v) is 5.97. The van der Waals surface area contributed by atoms with Gasteiger partial charge in [-0.05, 0) is 17.5 Å². The van der Waals surface area contributed by atoms with E-state index in [4.69, 9.17) is 5.11 Å². The van der Waals surface area contributed by atoms with Crippen LogP contribution in [0.1, 0.15) is 17.5 Å². The maximum atomic E-state index is 12.3. The molecule has 0 unspecified atom stereocenters. The first-order chi connectivity index (χ1) is 8.87. The minimum Gasteiger partial charge on any atom is -0.480 e. The molecule has 0 amide bonds. The quantitative estimate of drug-likeness (QED) is 0.919. The Hall–Kier alpha value is -1.56. The summed E-state index contributed by atoms with van der Waals surface area (Å²) in [6.07, 6.45) is -5.00. The van der Waals surface area contributed by atoms with Crippen LogP contribution in [0.4, 0.5) is 13.2 Å². The number of alkyl halides is 3. The van der Waals surface area contributed by atoms with Gasteiger partial charge >= 0.3 is 12.1 Å². The second-order valence-corrected chi connectivity index (χ2v) is 4.66. The van der Waals surface area contributed by atoms with Crippen molar-refractivity contribution in [1.29, 1.82) is 0 Å². The Morgan fingerprint density at radius 1 is 1.32 bits per heavy atom. The number of hydrogen-bond acceptors (Lipinski definition) is 2. The monoisotopic (exact) mass is 273 g/mol. The predicted molar refractivity (Wildman–Crippen MR) is 62.7 cm³/mol. The van der Waals surface area contributed by atoms with Crippen molar-refractivity contribution in [2.75, 3.05) is 6.54 Å². The van der Waals surface area contributed by atoms with E-state index in [-0.39, 0.29) is 19.5 Å². The largest absolute Gasteiger partial charge is 0.480 e. The Kier molecular flexibility index (Phi) is 3.80. The van der Waals surface area contributed by atoms with Gasteiger partial charge in [-0.15, -0.1) is 0 Å². The van der Waals surface area contributed by atoms with E-state index in [9.17, 15) is 18.0 Å². The van der Waals surface area contributed by atoms with Crippen LogP contribution in [0.25, 0.3) is 0 Å². The minimum absolute atomic E-state index is 0.253. The van der Waals surface area contributed by atoms with Gasteiger partial charge in [0.05, 0.1) is 6.42 Å². The molecule has 0 saturated carbocycles. The molecule has 2 rings (SSSR count). The first-order valence-electron chi connectivity index (χ1n) is 5.97. The van der Waals surface area contributed by atoms with Gasteiger partial charge in [0.1, 0.15) is 6.04 Å². The fraction of sp³-hybridized carbons (Fsp3) is 0.462. The molecule has 0 saturated heterocycles. The molecule has 1 aromatic rings. The van der Waals surface area contributed by atoms with Crippen LogP contribution in [0.2, 0.25) is 0 Å². The highest BCUT2D eigenvalue weighted by atomic mass is 19.4. The zero-order valence-electron chi connectivity index (χ0n) is 10.2. The third-order valence-electron chi connectivity index (χ3n) is 3.31. The molecule has 1 N–H and O–H groups in total. The molecule has 1 heterocycles. The number of carboxylic acid groups (broad SMARTS) is 1. The number of carboxylic acids is 1. The number of carbonyl (C=O) groups is 1. The highest BCUT2D eigenvalue weighted by molar-refractivity contribution is 5.74. The number of fused-ring (bicyclic) bond motifs is 1. The fourth-order valence-electron chi connectivity index (χ4n) is 2.33. The van der Waals surface area contributed by atoms with Gasteiger partial charge in [0.2, 0.25) is 0 Å². The van der Waals surface area contributed by atoms with E-state index >= 15 is 0 Å². The zero-order valence-corrected chi connectivity index (χ0v) is 10.2. The van der Waals surface area contributed by atoms with Crippen LogP contribution in [-0.2, 0) is 17.8 Å². The number of nitrogens with zero attached hydrogens (tertiary/aromatic N) is 1. The fourth-order valence-corrected chi connectivity index (χ4v) is 2.33. The van der Waals surface area contributed by atoms with Gasteiger partial charge < -0.3 is 5.11 Å². The van der Waals surface area contributed by atoms with E-state index in [2.05, 4.69) is 0 Å². The molecule has 1 aliphatic rings. The number of rotatable bonds is 3. The Labute approximate surface area is 108 Å². The summed E-state index contributed by atoms with van der Waals surface area (Å²) >= 11 is 0. The number of halogens is 3. The van der Waals surface area contributed by atoms with Crippen LogP contribution in [0.5, 0.6) is 0 Å². The van der Waals surface area contributed by atoms with Gasteiger partial charge in [-0.25, -0.2) is 0 Å². The highest BCUT2D eigenvalue weighted by Crippen LogP contribution is 2.26. The van der Waals surface area contributed by atoms with Crippen molar-refractivity contribution in [1.82, 2.24) is 4.90 Å². The van der Waals surface area contributed by atoms with Gasteiger partial charge in [0.25, 0.3) is 0 Å². The Morgan fingerprint density at radius 2 is 1.95 bits per heavy atom. The van der Waals surface area contributed by atoms with Crippen LogP contribution in [-0.4, -0.2) is 34.7 Å². The predicted octanol–water partition coefficient (Wildman–Crippen LogP) is 2.45. The van der Waals surface area contributed by atoms with Crippen LogP contribution in [0, 0.1) is 0 Å². The smallest absolute Gasteiger partial charge is 0.390 e. The summed E-state index contributed by atoms with van der Waals surface area (Å²) in [6, 6.07) is 6.39. The van der Waals surface area contributed by atoms with Crippen molar-refractivity contribution in [3.8, 4) is 0 Å². The maximum Gasteiger partial charge on any atom is 0.390 e. The molecule has 104 valence electrons. The van der Waals surface area contributed by atoms with Crippen molar-refractivity contribution >= 4 is 5.97 Å². The minimum atomic E-state index is -4.26. The van der Waals surface area contributed by atoms with Crippen LogP contribution in [0.15, 0.2) is 24.3 Å². The van der Waals surface area contributed by atoms with Crippen molar-refractivity contribution in [3.05, 3.63) is 35.4 Å². The average Bonchev–Trinajstić information content (AvgIpc) is 2.34. The third-order valence-corrected chi connectivity index (χ3v) is 3.31. The lowest BCUT2D eigenvalue weighted by atomic mass is 9.94. The number of hydrogen-bond donors (Lipinski definition) is 1. The Morgan fingerprint density at radius 3 is 2.53 bits per heavy atom. The molecular formula is C13H14F3NO2. The molecule has 0 radical (unpaired) electrons. The van der Waals surface area contributed by atoms with E-state index in [0.29, 0.717) is 0 Å². The van der Waals surface area contributed by atoms with Crippen molar-refractivity contribution in [2.24, 2.45) is 0 Å². The molecule has 1 aromatic carbocycles. The lowest BCUT2D eigenvalue weighted by Crippen LogP contribution is -2.46. The first kappa shape index (κ1) is 13.9. The molecule has 1 aliphatic heterocycles. The van der Waals surface area contributed by atoms with Gasteiger partial charge in [0.15, 0.2) is 0 Å². The molecule has 0 aliphatic carbocycles. The summed E-state index contributed by atoms with van der Waals surface area (Å²) < 4.78 is 36.8. The van der Waals surface area contributed by atoms with Gasteiger partial charge in [-0.3, -0.25) is 9.69 Å². The molecule has 0 spiro atoms. The van der Waals surface area contributed by atoms with E-state index in [1.54, 1.807) is 0 Å². The van der Waals surface area contributed by atoms with Crippen LogP contribution in [0.3, 0.4) is 0 Å². The third kappa shape index (κ3) is 3.47. The lowest BCUT2D eigenvalue weighted by Gasteiger charge is -2.34. The summed E-state index contributed by atoms with van der Waals surface area (Å²) in [6.45, 7) is -0.0297. The second-order valence-electron chi connectivity index (χ2n) is 4.66. The summed E-state index contributed by atoms with van der Waals surface area (Å²) in [4.78, 5) is 12.6. The summed E-state index contributed by atoms with van der Waals surface area (Å²) in [5.74, 6) is -1.07. The van der Waals surface area contributed by atoms with Crippen molar-refractivity contribution in [3.63, 3.8) is 0 Å². The van der Waals surface area contributed by atoms with E-state index in [1.807, 2.05) is 24.3 Å². The number of benzene rings is 1. The van der Waals surface area contributed by atoms with Gasteiger partial charge in [0, 0.05) is 13.1 Å². The Balaban J connectivity index is 2.15. The average molecular weight is 273 g/mol. The molecule has 19 heavy (non-hydrogen) atoms. The van der Waals surface area contributed by atoms with E-state index < -0.39 is 24.6 Å². The molecule has 3 nitrogen and oxygen atoms in total. The molecule has 0 fully saturated rings. The summed E-state index contributed by atoms with van der Waals surface area (Å²) in [7, 11) is 0. The van der Waals surface area contributed by atoms with E-state index in [0.717, 1.165) is 11.1 Å². The number of aliphatic carboxylic acids is 1. The second kappa shape index (κ2) is 5.21.